The molecule has 176 valence electrons. The minimum Gasteiger partial charge on any atom is -0.497 e. The summed E-state index contributed by atoms with van der Waals surface area (Å²) in [6.45, 7) is 8.53. The molecule has 0 atom stereocenters. The first-order valence-corrected chi connectivity index (χ1v) is 13.4. The molecule has 1 aliphatic heterocycles. The quantitative estimate of drug-likeness (QED) is 0.513. The zero-order valence-corrected chi connectivity index (χ0v) is 21.2. The van der Waals surface area contributed by atoms with Crippen molar-refractivity contribution in [2.24, 2.45) is 0 Å². The third-order valence-electron chi connectivity index (χ3n) is 5.93. The molecule has 3 aromatic rings. The van der Waals surface area contributed by atoms with Crippen molar-refractivity contribution < 1.29 is 13.2 Å². The number of piperazine rings is 1. The van der Waals surface area contributed by atoms with Crippen molar-refractivity contribution in [1.82, 2.24) is 9.29 Å². The second-order valence-electron chi connectivity index (χ2n) is 9.32. The average Bonchev–Trinajstić information content (AvgIpc) is 3.27. The van der Waals surface area contributed by atoms with Crippen LogP contribution in [0.5, 0.6) is 5.75 Å². The highest BCUT2D eigenvalue weighted by Crippen LogP contribution is 2.27. The van der Waals surface area contributed by atoms with E-state index in [2.05, 4.69) is 37.1 Å². The Labute approximate surface area is 200 Å². The average molecular weight is 486 g/mol. The second-order valence-corrected chi connectivity index (χ2v) is 12.1. The molecule has 0 aliphatic carbocycles. The number of benzene rings is 2. The van der Waals surface area contributed by atoms with Gasteiger partial charge in [0.1, 0.15) is 5.75 Å². The minimum atomic E-state index is -3.49. The van der Waals surface area contributed by atoms with E-state index in [0.717, 1.165) is 34.1 Å². The van der Waals surface area contributed by atoms with E-state index < -0.39 is 10.0 Å². The molecule has 8 heteroatoms. The predicted octanol–water partition coefficient (Wildman–Crippen LogP) is 4.55. The van der Waals surface area contributed by atoms with Crippen LogP contribution in [0.3, 0.4) is 0 Å². The van der Waals surface area contributed by atoms with E-state index in [1.807, 2.05) is 30.3 Å². The van der Waals surface area contributed by atoms with Gasteiger partial charge in [-0.2, -0.15) is 4.31 Å². The van der Waals surface area contributed by atoms with E-state index in [-0.39, 0.29) is 5.41 Å². The number of hydrogen-bond acceptors (Lipinski definition) is 6. The molecule has 2 heterocycles. The van der Waals surface area contributed by atoms with Gasteiger partial charge in [0.05, 0.1) is 17.7 Å². The van der Waals surface area contributed by atoms with Crippen LogP contribution in [-0.4, -0.2) is 51.0 Å². The number of ether oxygens (including phenoxy) is 1. The number of hydrogen-bond donors (Lipinski definition) is 0. The van der Waals surface area contributed by atoms with Crippen LogP contribution in [-0.2, 0) is 21.9 Å². The topological polar surface area (TPSA) is 62.7 Å². The summed E-state index contributed by atoms with van der Waals surface area (Å²) in [7, 11) is -1.83. The number of anilines is 1. The first kappa shape index (κ1) is 23.7. The molecule has 0 spiro atoms. The molecule has 1 aliphatic rings. The van der Waals surface area contributed by atoms with Gasteiger partial charge in [-0.15, -0.1) is 11.3 Å². The third-order valence-corrected chi connectivity index (χ3v) is 8.79. The first-order chi connectivity index (χ1) is 15.7. The molecule has 1 fully saturated rings. The van der Waals surface area contributed by atoms with E-state index in [9.17, 15) is 8.42 Å². The van der Waals surface area contributed by atoms with Gasteiger partial charge in [-0.1, -0.05) is 45.0 Å². The number of thiazole rings is 1. The van der Waals surface area contributed by atoms with Gasteiger partial charge < -0.3 is 9.64 Å². The van der Waals surface area contributed by atoms with Crippen LogP contribution >= 0.6 is 11.3 Å². The Kier molecular flexibility index (Phi) is 6.79. The van der Waals surface area contributed by atoms with Crippen molar-refractivity contribution in [1.29, 1.82) is 0 Å². The van der Waals surface area contributed by atoms with Crippen LogP contribution in [0.2, 0.25) is 0 Å². The highest BCUT2D eigenvalue weighted by Gasteiger charge is 2.29. The summed E-state index contributed by atoms with van der Waals surface area (Å²) in [5, 5.41) is 3.02. The Morgan fingerprint density at radius 2 is 1.73 bits per heavy atom. The van der Waals surface area contributed by atoms with Crippen molar-refractivity contribution >= 4 is 26.5 Å². The Balaban J connectivity index is 1.38. The van der Waals surface area contributed by atoms with Crippen molar-refractivity contribution in [3.63, 3.8) is 0 Å². The van der Waals surface area contributed by atoms with Crippen LogP contribution in [0.1, 0.15) is 37.6 Å². The molecule has 0 N–H and O–H groups in total. The lowest BCUT2D eigenvalue weighted by molar-refractivity contribution is 0.384. The summed E-state index contributed by atoms with van der Waals surface area (Å²) in [6, 6.07) is 15.3. The fourth-order valence-electron chi connectivity index (χ4n) is 3.91. The minimum absolute atomic E-state index is 0.00689. The molecule has 6 nitrogen and oxygen atoms in total. The van der Waals surface area contributed by atoms with Gasteiger partial charge in [-0.25, -0.2) is 13.4 Å². The SMILES string of the molecule is COc1cccc(Cc2csc(N3CCN(S(=O)(=O)c4ccc(C(C)(C)C)cc4)CC3)n2)c1. The second kappa shape index (κ2) is 9.44. The molecular weight excluding hydrogens is 454 g/mol. The number of rotatable bonds is 6. The summed E-state index contributed by atoms with van der Waals surface area (Å²) in [4.78, 5) is 7.33. The fourth-order valence-corrected chi connectivity index (χ4v) is 6.21. The van der Waals surface area contributed by atoms with Crippen LogP contribution < -0.4 is 9.64 Å². The van der Waals surface area contributed by atoms with Gasteiger partial charge in [-0.3, -0.25) is 0 Å². The summed E-state index contributed by atoms with van der Waals surface area (Å²) in [5.41, 5.74) is 3.28. The Hall–Kier alpha value is -2.42. The van der Waals surface area contributed by atoms with Gasteiger partial charge in [-0.05, 0) is 40.8 Å². The van der Waals surface area contributed by atoms with Gasteiger partial charge in [0.2, 0.25) is 10.0 Å². The Bertz CT molecular complexity index is 1190. The van der Waals surface area contributed by atoms with E-state index in [1.54, 1.807) is 34.9 Å². The molecule has 0 amide bonds. The smallest absolute Gasteiger partial charge is 0.243 e. The van der Waals surface area contributed by atoms with E-state index >= 15 is 0 Å². The van der Waals surface area contributed by atoms with Crippen LogP contribution in [0.15, 0.2) is 58.8 Å². The van der Waals surface area contributed by atoms with Crippen LogP contribution in [0.25, 0.3) is 0 Å². The molecule has 4 rings (SSSR count). The van der Waals surface area contributed by atoms with E-state index in [0.29, 0.717) is 31.1 Å². The predicted molar refractivity (Wildman–Crippen MR) is 134 cm³/mol. The molecule has 0 bridgehead atoms. The van der Waals surface area contributed by atoms with Crippen molar-refractivity contribution in [2.75, 3.05) is 38.2 Å². The number of methoxy groups -OCH3 is 1. The lowest BCUT2D eigenvalue weighted by Crippen LogP contribution is -2.48. The Morgan fingerprint density at radius 1 is 1.03 bits per heavy atom. The molecule has 0 unspecified atom stereocenters. The van der Waals surface area contributed by atoms with Gasteiger partial charge in [0.25, 0.3) is 0 Å². The molecule has 1 aromatic heterocycles. The van der Waals surface area contributed by atoms with E-state index in [4.69, 9.17) is 9.72 Å². The highest BCUT2D eigenvalue weighted by atomic mass is 32.2. The lowest BCUT2D eigenvalue weighted by Gasteiger charge is -2.33. The summed E-state index contributed by atoms with van der Waals surface area (Å²) in [5.74, 6) is 0.841. The Morgan fingerprint density at radius 3 is 2.36 bits per heavy atom. The number of aromatic nitrogens is 1. The largest absolute Gasteiger partial charge is 0.497 e. The molecule has 2 aromatic carbocycles. The summed E-state index contributed by atoms with van der Waals surface area (Å²) < 4.78 is 33.2. The summed E-state index contributed by atoms with van der Waals surface area (Å²) in [6.07, 6.45) is 0.743. The van der Waals surface area contributed by atoms with Gasteiger partial charge in [0.15, 0.2) is 5.13 Å². The maximum Gasteiger partial charge on any atom is 0.243 e. The molecular formula is C25H31N3O3S2. The highest BCUT2D eigenvalue weighted by molar-refractivity contribution is 7.89. The van der Waals surface area contributed by atoms with Crippen molar-refractivity contribution in [2.45, 2.75) is 37.5 Å². The van der Waals surface area contributed by atoms with Crippen LogP contribution in [0.4, 0.5) is 5.13 Å². The molecule has 1 saturated heterocycles. The van der Waals surface area contributed by atoms with Crippen molar-refractivity contribution in [3.8, 4) is 5.75 Å². The molecule has 33 heavy (non-hydrogen) atoms. The first-order valence-electron chi connectivity index (χ1n) is 11.1. The molecule has 0 radical (unpaired) electrons. The number of sulfonamides is 1. The fraction of sp³-hybridized carbons (Fsp3) is 0.400. The lowest BCUT2D eigenvalue weighted by atomic mass is 9.87. The van der Waals surface area contributed by atoms with Crippen molar-refractivity contribution in [3.05, 3.63) is 70.7 Å². The molecule has 0 saturated carbocycles. The zero-order chi connectivity index (χ0) is 23.6. The summed E-state index contributed by atoms with van der Waals surface area (Å²) >= 11 is 1.61. The maximum absolute atomic E-state index is 13.1. The monoisotopic (exact) mass is 485 g/mol. The van der Waals surface area contributed by atoms with Gasteiger partial charge in [0, 0.05) is 38.0 Å². The van der Waals surface area contributed by atoms with Crippen LogP contribution in [0, 0.1) is 0 Å². The van der Waals surface area contributed by atoms with E-state index in [1.165, 1.54) is 0 Å². The van der Waals surface area contributed by atoms with Gasteiger partial charge >= 0.3 is 0 Å². The normalized spacial score (nSPS) is 15.6. The third kappa shape index (κ3) is 5.39. The standard InChI is InChI=1S/C25H31N3O3S2/c1-25(2,3)20-8-10-23(11-9-20)33(29,30)28-14-12-27(13-15-28)24-26-21(18-32-24)16-19-6-5-7-22(17-19)31-4/h5-11,17-18H,12-16H2,1-4H3. The maximum atomic E-state index is 13.1. The number of nitrogens with zero attached hydrogens (tertiary/aromatic N) is 3. The zero-order valence-electron chi connectivity index (χ0n) is 19.6.